The highest BCUT2D eigenvalue weighted by molar-refractivity contribution is 4.81. The Kier molecular flexibility index (Phi) is 3.82. The summed E-state index contributed by atoms with van der Waals surface area (Å²) in [4.78, 5) is 2.64. The van der Waals surface area contributed by atoms with Gasteiger partial charge in [-0.05, 0) is 38.3 Å². The van der Waals surface area contributed by atoms with Crippen LogP contribution in [0.4, 0.5) is 0 Å². The van der Waals surface area contributed by atoms with Crippen molar-refractivity contribution in [3.63, 3.8) is 0 Å². The third-order valence-electron chi connectivity index (χ3n) is 4.01. The summed E-state index contributed by atoms with van der Waals surface area (Å²) < 4.78 is 0. The van der Waals surface area contributed by atoms with E-state index < -0.39 is 0 Å². The number of hydrogen-bond acceptors (Lipinski definition) is 2. The predicted molar refractivity (Wildman–Crippen MR) is 60.2 cm³/mol. The first-order chi connectivity index (χ1) is 6.90. The lowest BCUT2D eigenvalue weighted by molar-refractivity contribution is 0.126. The summed E-state index contributed by atoms with van der Waals surface area (Å²) in [6, 6.07) is 0.695. The van der Waals surface area contributed by atoms with Gasteiger partial charge in [-0.2, -0.15) is 0 Å². The van der Waals surface area contributed by atoms with Crippen molar-refractivity contribution in [2.24, 2.45) is 11.7 Å². The minimum absolute atomic E-state index is 0.695. The number of nitrogens with two attached hydrogens (primary N) is 1. The van der Waals surface area contributed by atoms with Crippen molar-refractivity contribution in [2.45, 2.75) is 51.0 Å². The molecule has 1 unspecified atom stereocenters. The molecule has 1 heterocycles. The maximum Gasteiger partial charge on any atom is 0.0221 e. The van der Waals surface area contributed by atoms with Crippen LogP contribution in [0, 0.1) is 5.92 Å². The van der Waals surface area contributed by atoms with E-state index in [0.29, 0.717) is 6.04 Å². The third kappa shape index (κ3) is 2.48. The molecule has 0 amide bonds. The van der Waals surface area contributed by atoms with E-state index in [0.717, 1.165) is 12.5 Å². The first-order valence-corrected chi connectivity index (χ1v) is 6.34. The van der Waals surface area contributed by atoms with Gasteiger partial charge in [-0.15, -0.1) is 0 Å². The van der Waals surface area contributed by atoms with Gasteiger partial charge in [0.25, 0.3) is 0 Å². The van der Waals surface area contributed by atoms with Crippen LogP contribution in [0.15, 0.2) is 0 Å². The number of rotatable bonds is 4. The van der Waals surface area contributed by atoms with Crippen molar-refractivity contribution in [1.82, 2.24) is 4.90 Å². The standard InChI is InChI=1S/C12H24N2/c13-10-12(9-11-5-4-6-11)14-7-2-1-3-8-14/h11-12H,1-10,13H2. The lowest BCUT2D eigenvalue weighted by Crippen LogP contribution is -2.45. The Bertz CT molecular complexity index is 160. The maximum atomic E-state index is 5.89. The monoisotopic (exact) mass is 196 g/mol. The highest BCUT2D eigenvalue weighted by Crippen LogP contribution is 2.31. The molecule has 0 aromatic rings. The van der Waals surface area contributed by atoms with E-state index in [1.165, 1.54) is 58.0 Å². The molecule has 1 saturated carbocycles. The van der Waals surface area contributed by atoms with Gasteiger partial charge >= 0.3 is 0 Å². The Labute approximate surface area is 87.8 Å². The van der Waals surface area contributed by atoms with Gasteiger partial charge in [0, 0.05) is 12.6 Å². The summed E-state index contributed by atoms with van der Waals surface area (Å²) >= 11 is 0. The molecule has 2 aliphatic rings. The average Bonchev–Trinajstić information content (AvgIpc) is 2.18. The zero-order valence-electron chi connectivity index (χ0n) is 9.25. The minimum Gasteiger partial charge on any atom is -0.329 e. The normalized spacial score (nSPS) is 27.2. The molecule has 2 N–H and O–H groups in total. The lowest BCUT2D eigenvalue weighted by atomic mass is 9.80. The quantitative estimate of drug-likeness (QED) is 0.745. The van der Waals surface area contributed by atoms with E-state index in [1.807, 2.05) is 0 Å². The Morgan fingerprint density at radius 3 is 2.29 bits per heavy atom. The van der Waals surface area contributed by atoms with E-state index in [4.69, 9.17) is 5.73 Å². The molecule has 2 rings (SSSR count). The fourth-order valence-corrected chi connectivity index (χ4v) is 2.79. The largest absolute Gasteiger partial charge is 0.329 e. The molecule has 2 fully saturated rings. The summed E-state index contributed by atoms with van der Waals surface area (Å²) in [7, 11) is 0. The second-order valence-electron chi connectivity index (χ2n) is 5.02. The summed E-state index contributed by atoms with van der Waals surface area (Å²) in [6.07, 6.45) is 9.96. The smallest absolute Gasteiger partial charge is 0.0221 e. The molecule has 14 heavy (non-hydrogen) atoms. The van der Waals surface area contributed by atoms with Gasteiger partial charge in [-0.3, -0.25) is 4.90 Å². The Balaban J connectivity index is 1.77. The van der Waals surface area contributed by atoms with Crippen molar-refractivity contribution >= 4 is 0 Å². The molecule has 0 aromatic heterocycles. The van der Waals surface area contributed by atoms with Crippen LogP contribution in [0.1, 0.15) is 44.9 Å². The summed E-state index contributed by atoms with van der Waals surface area (Å²) in [5.41, 5.74) is 5.89. The number of piperidine rings is 1. The highest BCUT2D eigenvalue weighted by Gasteiger charge is 2.25. The average molecular weight is 196 g/mol. The lowest BCUT2D eigenvalue weighted by Gasteiger charge is -2.38. The van der Waals surface area contributed by atoms with Crippen LogP contribution in [0.2, 0.25) is 0 Å². The van der Waals surface area contributed by atoms with E-state index in [2.05, 4.69) is 4.90 Å². The molecule has 0 aromatic carbocycles. The van der Waals surface area contributed by atoms with Crippen LogP contribution in [0.3, 0.4) is 0 Å². The maximum absolute atomic E-state index is 5.89. The van der Waals surface area contributed by atoms with Gasteiger partial charge in [0.1, 0.15) is 0 Å². The summed E-state index contributed by atoms with van der Waals surface area (Å²) in [5, 5.41) is 0. The number of hydrogen-bond donors (Lipinski definition) is 1. The molecule has 2 heteroatoms. The van der Waals surface area contributed by atoms with Crippen molar-refractivity contribution in [3.05, 3.63) is 0 Å². The molecule has 1 atom stereocenters. The molecular formula is C12H24N2. The van der Waals surface area contributed by atoms with E-state index in [9.17, 15) is 0 Å². The number of likely N-dealkylation sites (tertiary alicyclic amines) is 1. The van der Waals surface area contributed by atoms with Gasteiger partial charge in [0.2, 0.25) is 0 Å². The molecule has 1 aliphatic carbocycles. The van der Waals surface area contributed by atoms with E-state index >= 15 is 0 Å². The Morgan fingerprint density at radius 1 is 1.07 bits per heavy atom. The minimum atomic E-state index is 0.695. The van der Waals surface area contributed by atoms with E-state index in [1.54, 1.807) is 0 Å². The van der Waals surface area contributed by atoms with Crippen LogP contribution in [-0.2, 0) is 0 Å². The first-order valence-electron chi connectivity index (χ1n) is 6.34. The van der Waals surface area contributed by atoms with Crippen LogP contribution >= 0.6 is 0 Å². The highest BCUT2D eigenvalue weighted by atomic mass is 15.2. The molecule has 0 radical (unpaired) electrons. The number of nitrogens with zero attached hydrogens (tertiary/aromatic N) is 1. The molecule has 0 spiro atoms. The van der Waals surface area contributed by atoms with Crippen molar-refractivity contribution in [1.29, 1.82) is 0 Å². The van der Waals surface area contributed by atoms with Crippen LogP contribution in [-0.4, -0.2) is 30.6 Å². The van der Waals surface area contributed by atoms with Crippen molar-refractivity contribution in [2.75, 3.05) is 19.6 Å². The van der Waals surface area contributed by atoms with E-state index in [-0.39, 0.29) is 0 Å². The van der Waals surface area contributed by atoms with Crippen molar-refractivity contribution in [3.8, 4) is 0 Å². The van der Waals surface area contributed by atoms with Gasteiger partial charge < -0.3 is 5.73 Å². The third-order valence-corrected chi connectivity index (χ3v) is 4.01. The van der Waals surface area contributed by atoms with Crippen molar-refractivity contribution < 1.29 is 0 Å². The molecule has 82 valence electrons. The van der Waals surface area contributed by atoms with Gasteiger partial charge in [0.05, 0.1) is 0 Å². The van der Waals surface area contributed by atoms with Crippen LogP contribution < -0.4 is 5.73 Å². The molecule has 2 nitrogen and oxygen atoms in total. The second-order valence-corrected chi connectivity index (χ2v) is 5.02. The zero-order chi connectivity index (χ0) is 9.80. The first kappa shape index (κ1) is 10.4. The van der Waals surface area contributed by atoms with Gasteiger partial charge in [-0.1, -0.05) is 25.7 Å². The fraction of sp³-hybridized carbons (Fsp3) is 1.00. The predicted octanol–water partition coefficient (Wildman–Crippen LogP) is 1.99. The van der Waals surface area contributed by atoms with Gasteiger partial charge in [-0.25, -0.2) is 0 Å². The Hall–Kier alpha value is -0.0800. The zero-order valence-corrected chi connectivity index (χ0v) is 9.25. The SMILES string of the molecule is NCC(CC1CCC1)N1CCCCC1. The molecule has 1 aliphatic heterocycles. The molecule has 1 saturated heterocycles. The summed E-state index contributed by atoms with van der Waals surface area (Å²) in [5.74, 6) is 1.01. The van der Waals surface area contributed by atoms with Crippen LogP contribution in [0.5, 0.6) is 0 Å². The fourth-order valence-electron chi connectivity index (χ4n) is 2.79. The van der Waals surface area contributed by atoms with Gasteiger partial charge in [0.15, 0.2) is 0 Å². The van der Waals surface area contributed by atoms with Crippen LogP contribution in [0.25, 0.3) is 0 Å². The molecule has 0 bridgehead atoms. The second kappa shape index (κ2) is 5.13. The summed E-state index contributed by atoms with van der Waals surface area (Å²) in [6.45, 7) is 3.47. The molecular weight excluding hydrogens is 172 g/mol. The Morgan fingerprint density at radius 2 is 1.79 bits per heavy atom. The topological polar surface area (TPSA) is 29.3 Å².